The molecule has 2 saturated heterocycles. The van der Waals surface area contributed by atoms with Crippen LogP contribution in [-0.4, -0.2) is 87.1 Å². The third kappa shape index (κ3) is 6.01. The molecule has 0 spiro atoms. The van der Waals surface area contributed by atoms with Crippen molar-refractivity contribution in [1.82, 2.24) is 29.2 Å². The molecule has 11 nitrogen and oxygen atoms in total. The van der Waals surface area contributed by atoms with Crippen molar-refractivity contribution in [3.05, 3.63) is 47.6 Å². The highest BCUT2D eigenvalue weighted by Crippen LogP contribution is 2.33. The normalized spacial score (nSPS) is 16.7. The van der Waals surface area contributed by atoms with Crippen LogP contribution in [-0.2, 0) is 9.53 Å². The van der Waals surface area contributed by atoms with Crippen molar-refractivity contribution in [1.29, 1.82) is 10.5 Å². The Kier molecular flexibility index (Phi) is 8.86. The largest absolute Gasteiger partial charge is 0.494 e. The van der Waals surface area contributed by atoms with Gasteiger partial charge in [-0.05, 0) is 66.0 Å². The van der Waals surface area contributed by atoms with Crippen molar-refractivity contribution in [3.63, 3.8) is 0 Å². The molecule has 2 aliphatic rings. The topological polar surface area (TPSA) is 125 Å². The summed E-state index contributed by atoms with van der Waals surface area (Å²) < 4.78 is 14.6. The molecular weight excluding hydrogens is 544 g/mol. The van der Waals surface area contributed by atoms with E-state index in [0.29, 0.717) is 42.4 Å². The zero-order valence-electron chi connectivity index (χ0n) is 25.7. The predicted molar refractivity (Wildman–Crippen MR) is 161 cm³/mol. The number of carbonyl (C=O) groups excluding carboxylic acids is 1. The Balaban J connectivity index is 1.19. The van der Waals surface area contributed by atoms with Gasteiger partial charge in [0.1, 0.15) is 34.5 Å². The van der Waals surface area contributed by atoms with Crippen LogP contribution >= 0.6 is 0 Å². The van der Waals surface area contributed by atoms with Gasteiger partial charge >= 0.3 is 0 Å². The van der Waals surface area contributed by atoms with E-state index in [4.69, 9.17) is 14.6 Å². The molecule has 0 bridgehead atoms. The minimum atomic E-state index is -0.182. The lowest BCUT2D eigenvalue weighted by Crippen LogP contribution is -2.55. The van der Waals surface area contributed by atoms with Gasteiger partial charge in [-0.15, -0.1) is 0 Å². The molecule has 0 aromatic carbocycles. The highest BCUT2D eigenvalue weighted by molar-refractivity contribution is 5.97. The number of nitriles is 2. The number of amides is 1. The average molecular weight is 585 g/mol. The van der Waals surface area contributed by atoms with E-state index in [1.165, 1.54) is 6.20 Å². The van der Waals surface area contributed by atoms with E-state index in [2.05, 4.69) is 43.0 Å². The van der Waals surface area contributed by atoms with Crippen molar-refractivity contribution in [2.24, 2.45) is 0 Å². The lowest BCUT2D eigenvalue weighted by Gasteiger charge is -2.44. The summed E-state index contributed by atoms with van der Waals surface area (Å²) in [5, 5.41) is 28.2. The fourth-order valence-electron chi connectivity index (χ4n) is 6.11. The molecule has 0 N–H and O–H groups in total. The molecule has 5 rings (SSSR count). The summed E-state index contributed by atoms with van der Waals surface area (Å²) in [5.74, 6) is 0.393. The second-order valence-corrected chi connectivity index (χ2v) is 12.1. The van der Waals surface area contributed by atoms with Gasteiger partial charge in [0.05, 0.1) is 44.8 Å². The Labute approximate surface area is 252 Å². The van der Waals surface area contributed by atoms with E-state index in [0.717, 1.165) is 55.7 Å². The molecule has 226 valence electrons. The first-order valence-corrected chi connectivity index (χ1v) is 14.9. The van der Waals surface area contributed by atoms with E-state index in [9.17, 15) is 15.3 Å². The van der Waals surface area contributed by atoms with Crippen molar-refractivity contribution in [2.75, 3.05) is 40.5 Å². The Morgan fingerprint density at radius 2 is 1.98 bits per heavy atom. The summed E-state index contributed by atoms with van der Waals surface area (Å²) in [5.41, 5.74) is 4.22. The van der Waals surface area contributed by atoms with Gasteiger partial charge in [0.15, 0.2) is 0 Å². The van der Waals surface area contributed by atoms with E-state index >= 15 is 0 Å². The summed E-state index contributed by atoms with van der Waals surface area (Å²) in [7, 11) is 3.73. The number of allylic oxidation sites excluding steroid dienone is 1. The molecule has 2 aliphatic heterocycles. The van der Waals surface area contributed by atoms with Crippen LogP contribution in [0.3, 0.4) is 0 Å². The Morgan fingerprint density at radius 3 is 2.60 bits per heavy atom. The minimum absolute atomic E-state index is 0.0321. The number of likely N-dealkylation sites (N-methyl/N-ethyl adjacent to an activating group) is 1. The number of ether oxygens (including phenoxy) is 2. The van der Waals surface area contributed by atoms with E-state index in [-0.39, 0.29) is 23.1 Å². The number of pyridine rings is 1. The fourth-order valence-corrected chi connectivity index (χ4v) is 6.11. The molecule has 0 radical (unpaired) electrons. The van der Waals surface area contributed by atoms with Gasteiger partial charge in [-0.3, -0.25) is 14.4 Å². The number of aromatic nitrogens is 4. The maximum absolute atomic E-state index is 13.2. The second kappa shape index (κ2) is 12.6. The average Bonchev–Trinajstić information content (AvgIpc) is 3.58. The zero-order chi connectivity index (χ0) is 30.7. The minimum Gasteiger partial charge on any atom is -0.494 e. The predicted octanol–water partition coefficient (Wildman–Crippen LogP) is 4.28. The van der Waals surface area contributed by atoms with Gasteiger partial charge < -0.3 is 14.4 Å². The summed E-state index contributed by atoms with van der Waals surface area (Å²) in [6.07, 6.45) is 11.2. The molecule has 43 heavy (non-hydrogen) atoms. The van der Waals surface area contributed by atoms with Gasteiger partial charge in [-0.25, -0.2) is 4.52 Å². The van der Waals surface area contributed by atoms with Crippen LogP contribution in [0.5, 0.6) is 5.75 Å². The second-order valence-electron chi connectivity index (χ2n) is 12.1. The fraction of sp³-hybridized carbons (Fsp3) is 0.531. The van der Waals surface area contributed by atoms with Gasteiger partial charge in [0.25, 0.3) is 5.91 Å². The number of hydrogen-bond donors (Lipinski definition) is 0. The Bertz CT molecular complexity index is 1590. The molecule has 3 aromatic rings. The van der Waals surface area contributed by atoms with Crippen molar-refractivity contribution in [3.8, 4) is 29.0 Å². The number of likely N-dealkylation sites (tertiary alicyclic amines) is 1. The first kappa shape index (κ1) is 30.3. The number of fused-ring (bicyclic) bond motifs is 1. The van der Waals surface area contributed by atoms with E-state index in [1.807, 2.05) is 36.1 Å². The quantitative estimate of drug-likeness (QED) is 0.196. The maximum atomic E-state index is 13.2. The third-order valence-electron chi connectivity index (χ3n) is 9.19. The van der Waals surface area contributed by atoms with Crippen LogP contribution in [0.1, 0.15) is 63.3 Å². The molecule has 3 aromatic heterocycles. The first-order chi connectivity index (χ1) is 20.7. The molecule has 1 amide bonds. The lowest BCUT2D eigenvalue weighted by molar-refractivity contribution is -0.128. The molecule has 5 heterocycles. The number of unbranched alkanes of at least 4 members (excludes halogenated alkanes) is 1. The molecule has 0 unspecified atom stereocenters. The van der Waals surface area contributed by atoms with Crippen LogP contribution < -0.4 is 4.74 Å². The van der Waals surface area contributed by atoms with E-state index < -0.39 is 0 Å². The maximum Gasteiger partial charge on any atom is 0.264 e. The highest BCUT2D eigenvalue weighted by atomic mass is 16.5. The smallest absolute Gasteiger partial charge is 0.264 e. The highest BCUT2D eigenvalue weighted by Gasteiger charge is 2.33. The molecule has 0 aliphatic carbocycles. The molecular formula is C32H40N8O3. The summed E-state index contributed by atoms with van der Waals surface area (Å²) in [6.45, 7) is 9.22. The molecule has 11 heteroatoms. The van der Waals surface area contributed by atoms with Gasteiger partial charge in [-0.1, -0.05) is 6.08 Å². The Morgan fingerprint density at radius 1 is 1.23 bits per heavy atom. The molecule has 0 atom stereocenters. The molecule has 0 saturated carbocycles. The summed E-state index contributed by atoms with van der Waals surface area (Å²) in [6, 6.07) is 6.83. The van der Waals surface area contributed by atoms with Crippen LogP contribution in [0.2, 0.25) is 0 Å². The number of piperidine rings is 1. The Hall–Kier alpha value is -4.19. The van der Waals surface area contributed by atoms with Crippen molar-refractivity contribution >= 4 is 11.4 Å². The van der Waals surface area contributed by atoms with Crippen LogP contribution in [0, 0.1) is 29.6 Å². The first-order valence-electron chi connectivity index (χ1n) is 14.9. The SMILES string of the molecule is COc1cc(-c2cnn(C3CCN(C(=O)/C(C#N)=C/CCCC(C)(C)N(C)C4COC4)CC3)c2C)cn2ncc(C#N)c12. The lowest BCUT2D eigenvalue weighted by atomic mass is 9.93. The molecule has 2 fully saturated rings. The van der Waals surface area contributed by atoms with Crippen LogP contribution in [0.25, 0.3) is 16.6 Å². The van der Waals surface area contributed by atoms with Gasteiger partial charge in [0.2, 0.25) is 0 Å². The van der Waals surface area contributed by atoms with Gasteiger partial charge in [-0.2, -0.15) is 20.7 Å². The number of hydrogen-bond acceptors (Lipinski definition) is 8. The number of nitrogens with zero attached hydrogens (tertiary/aromatic N) is 8. The monoisotopic (exact) mass is 584 g/mol. The van der Waals surface area contributed by atoms with E-state index in [1.54, 1.807) is 16.5 Å². The number of methoxy groups -OCH3 is 1. The third-order valence-corrected chi connectivity index (χ3v) is 9.19. The standard InChI is InChI=1S/C32H40N8O3/c1-22-28(24-14-29(42-5)30-25(16-34)17-35-39(30)19-24)18-36-40(22)26-9-12-38(13-10-26)31(41)23(15-33)8-6-7-11-32(2,3)37(4)27-20-43-21-27/h8,14,17-19,26-27H,6-7,9-13,20-21H2,1-5H3/b23-8+. The van der Waals surface area contributed by atoms with Gasteiger partial charge in [0, 0.05) is 41.6 Å². The number of rotatable bonds is 10. The number of carbonyl (C=O) groups is 1. The van der Waals surface area contributed by atoms with Crippen LogP contribution in [0.4, 0.5) is 0 Å². The van der Waals surface area contributed by atoms with Crippen molar-refractivity contribution in [2.45, 2.75) is 70.5 Å². The summed E-state index contributed by atoms with van der Waals surface area (Å²) in [4.78, 5) is 17.4. The zero-order valence-corrected chi connectivity index (χ0v) is 25.7. The summed E-state index contributed by atoms with van der Waals surface area (Å²) >= 11 is 0. The van der Waals surface area contributed by atoms with Crippen molar-refractivity contribution < 1.29 is 14.3 Å². The van der Waals surface area contributed by atoms with Crippen LogP contribution in [0.15, 0.2) is 36.3 Å².